The maximum Gasteiger partial charge on any atom is 0.251 e. The van der Waals surface area contributed by atoms with Gasteiger partial charge in [-0.3, -0.25) is 4.79 Å². The average molecular weight is 422 g/mol. The number of likely N-dealkylation sites (tertiary alicyclic amines) is 1. The monoisotopic (exact) mass is 421 g/mol. The first-order valence-electron chi connectivity index (χ1n) is 11.0. The van der Waals surface area contributed by atoms with Crippen molar-refractivity contribution in [1.29, 1.82) is 0 Å². The number of piperidine rings is 2. The highest BCUT2D eigenvalue weighted by molar-refractivity contribution is 7.89. The molecule has 162 valence electrons. The zero-order valence-electron chi connectivity index (χ0n) is 17.8. The molecule has 1 N–H and O–H groups in total. The molecule has 1 aromatic carbocycles. The maximum absolute atomic E-state index is 12.9. The highest BCUT2D eigenvalue weighted by Crippen LogP contribution is 2.26. The lowest BCUT2D eigenvalue weighted by molar-refractivity contribution is 0.0951. The van der Waals surface area contributed by atoms with E-state index in [1.807, 2.05) is 0 Å². The molecule has 0 aromatic heterocycles. The summed E-state index contributed by atoms with van der Waals surface area (Å²) in [6, 6.07) is 6.34. The van der Waals surface area contributed by atoms with Gasteiger partial charge in [-0.05, 0) is 81.4 Å². The van der Waals surface area contributed by atoms with Gasteiger partial charge in [-0.25, -0.2) is 8.42 Å². The number of amides is 1. The van der Waals surface area contributed by atoms with Crippen LogP contribution < -0.4 is 5.32 Å². The molecule has 2 aliphatic heterocycles. The van der Waals surface area contributed by atoms with Gasteiger partial charge >= 0.3 is 0 Å². The molecule has 2 atom stereocenters. The molecule has 2 heterocycles. The molecule has 29 heavy (non-hydrogen) atoms. The van der Waals surface area contributed by atoms with Crippen LogP contribution >= 0.6 is 0 Å². The van der Waals surface area contributed by atoms with Crippen molar-refractivity contribution < 1.29 is 13.2 Å². The Morgan fingerprint density at radius 2 is 1.66 bits per heavy atom. The van der Waals surface area contributed by atoms with E-state index in [2.05, 4.69) is 24.1 Å². The van der Waals surface area contributed by atoms with Gasteiger partial charge in [0.1, 0.15) is 0 Å². The number of benzene rings is 1. The number of rotatable bonds is 7. The molecule has 2 fully saturated rings. The van der Waals surface area contributed by atoms with Gasteiger partial charge in [0.15, 0.2) is 0 Å². The SMILES string of the molecule is C[C@@H]1C[C@H](C)CN(S(=O)(=O)c2ccc(C(=O)NCCCN3CCCCC3)cc2)C1. The minimum Gasteiger partial charge on any atom is -0.352 e. The van der Waals surface area contributed by atoms with Crippen LogP contribution in [0.1, 0.15) is 56.3 Å². The lowest BCUT2D eigenvalue weighted by Gasteiger charge is -2.34. The Morgan fingerprint density at radius 3 is 2.28 bits per heavy atom. The molecule has 1 aromatic rings. The first-order chi connectivity index (χ1) is 13.9. The first kappa shape index (κ1) is 22.2. The van der Waals surface area contributed by atoms with Crippen LogP contribution in [0.15, 0.2) is 29.2 Å². The van der Waals surface area contributed by atoms with Gasteiger partial charge in [-0.2, -0.15) is 4.31 Å². The Bertz CT molecular complexity index is 763. The van der Waals surface area contributed by atoms with E-state index in [0.29, 0.717) is 37.0 Å². The minimum absolute atomic E-state index is 0.146. The first-order valence-corrected chi connectivity index (χ1v) is 12.4. The summed E-state index contributed by atoms with van der Waals surface area (Å²) in [6.07, 6.45) is 5.87. The Morgan fingerprint density at radius 1 is 1.03 bits per heavy atom. The van der Waals surface area contributed by atoms with Crippen molar-refractivity contribution in [1.82, 2.24) is 14.5 Å². The summed E-state index contributed by atoms with van der Waals surface area (Å²) in [4.78, 5) is 15.1. The molecular weight excluding hydrogens is 386 g/mol. The Kier molecular flexibility index (Phi) is 7.71. The third-order valence-electron chi connectivity index (χ3n) is 5.97. The molecule has 6 nitrogen and oxygen atoms in total. The Balaban J connectivity index is 1.51. The lowest BCUT2D eigenvalue weighted by Crippen LogP contribution is -2.42. The van der Waals surface area contributed by atoms with Crippen LogP contribution in [0.3, 0.4) is 0 Å². The number of nitrogens with zero attached hydrogens (tertiary/aromatic N) is 2. The fraction of sp³-hybridized carbons (Fsp3) is 0.682. The molecule has 0 unspecified atom stereocenters. The van der Waals surface area contributed by atoms with Gasteiger partial charge in [0, 0.05) is 25.2 Å². The van der Waals surface area contributed by atoms with E-state index in [0.717, 1.165) is 19.4 Å². The van der Waals surface area contributed by atoms with Crippen molar-refractivity contribution in [3.63, 3.8) is 0 Å². The maximum atomic E-state index is 12.9. The third-order valence-corrected chi connectivity index (χ3v) is 7.82. The highest BCUT2D eigenvalue weighted by Gasteiger charge is 2.31. The second kappa shape index (κ2) is 10.0. The van der Waals surface area contributed by atoms with Crippen molar-refractivity contribution in [3.8, 4) is 0 Å². The quantitative estimate of drug-likeness (QED) is 0.687. The number of hydrogen-bond acceptors (Lipinski definition) is 4. The number of carbonyl (C=O) groups excluding carboxylic acids is 1. The van der Waals surface area contributed by atoms with Gasteiger partial charge in [0.2, 0.25) is 10.0 Å². The van der Waals surface area contributed by atoms with Crippen LogP contribution in [0.2, 0.25) is 0 Å². The topological polar surface area (TPSA) is 69.7 Å². The standard InChI is InChI=1S/C22H35N3O3S/c1-18-15-19(2)17-25(16-18)29(27,28)21-9-7-20(8-10-21)22(26)23-11-6-14-24-12-4-3-5-13-24/h7-10,18-19H,3-6,11-17H2,1-2H3,(H,23,26)/t18-,19+. The molecule has 0 saturated carbocycles. The zero-order chi connectivity index (χ0) is 20.9. The van der Waals surface area contributed by atoms with Crippen molar-refractivity contribution in [2.75, 3.05) is 39.3 Å². The number of nitrogens with one attached hydrogen (secondary N) is 1. The van der Waals surface area contributed by atoms with Crippen molar-refractivity contribution >= 4 is 15.9 Å². The molecule has 0 radical (unpaired) electrons. The van der Waals surface area contributed by atoms with Crippen LogP contribution in [-0.4, -0.2) is 62.8 Å². The van der Waals surface area contributed by atoms with Crippen LogP contribution in [0.5, 0.6) is 0 Å². The summed E-state index contributed by atoms with van der Waals surface area (Å²) in [5.41, 5.74) is 0.502. The van der Waals surface area contributed by atoms with Crippen molar-refractivity contribution in [2.24, 2.45) is 11.8 Å². The minimum atomic E-state index is -3.51. The molecule has 1 amide bonds. The summed E-state index contributed by atoms with van der Waals surface area (Å²) in [5, 5.41) is 2.95. The largest absolute Gasteiger partial charge is 0.352 e. The molecule has 0 aliphatic carbocycles. The molecular formula is C22H35N3O3S. The van der Waals surface area contributed by atoms with Crippen LogP contribution in [0, 0.1) is 11.8 Å². The number of hydrogen-bond donors (Lipinski definition) is 1. The molecule has 3 rings (SSSR count). The van der Waals surface area contributed by atoms with E-state index in [4.69, 9.17) is 0 Å². The van der Waals surface area contributed by atoms with E-state index in [-0.39, 0.29) is 10.8 Å². The summed E-state index contributed by atoms with van der Waals surface area (Å²) < 4.78 is 27.5. The van der Waals surface area contributed by atoms with Crippen molar-refractivity contribution in [2.45, 2.75) is 50.8 Å². The van der Waals surface area contributed by atoms with Gasteiger partial charge in [-0.15, -0.1) is 0 Å². The van der Waals surface area contributed by atoms with Gasteiger partial charge in [0.25, 0.3) is 5.91 Å². The van der Waals surface area contributed by atoms with Gasteiger partial charge in [0.05, 0.1) is 4.90 Å². The highest BCUT2D eigenvalue weighted by atomic mass is 32.2. The van der Waals surface area contributed by atoms with Crippen LogP contribution in [0.4, 0.5) is 0 Å². The van der Waals surface area contributed by atoms with E-state index in [1.165, 1.54) is 32.4 Å². The number of carbonyl (C=O) groups is 1. The molecule has 0 spiro atoms. The van der Waals surface area contributed by atoms with Gasteiger partial charge in [-0.1, -0.05) is 20.3 Å². The average Bonchev–Trinajstić information content (AvgIpc) is 2.71. The Hall–Kier alpha value is -1.44. The predicted molar refractivity (Wildman–Crippen MR) is 115 cm³/mol. The number of sulfonamides is 1. The summed E-state index contributed by atoms with van der Waals surface area (Å²) in [7, 11) is -3.51. The normalized spacial score (nSPS) is 24.3. The molecule has 0 bridgehead atoms. The summed E-state index contributed by atoms with van der Waals surface area (Å²) in [6.45, 7) is 9.30. The second-order valence-corrected chi connectivity index (χ2v) is 10.7. The summed E-state index contributed by atoms with van der Waals surface area (Å²) in [5.74, 6) is 0.583. The third kappa shape index (κ3) is 6.03. The molecule has 7 heteroatoms. The zero-order valence-corrected chi connectivity index (χ0v) is 18.6. The second-order valence-electron chi connectivity index (χ2n) is 8.80. The van der Waals surface area contributed by atoms with Gasteiger partial charge < -0.3 is 10.2 Å². The summed E-state index contributed by atoms with van der Waals surface area (Å²) >= 11 is 0. The predicted octanol–water partition coefficient (Wildman–Crippen LogP) is 2.96. The van der Waals surface area contributed by atoms with E-state index in [9.17, 15) is 13.2 Å². The van der Waals surface area contributed by atoms with Crippen LogP contribution in [-0.2, 0) is 10.0 Å². The molecule has 2 saturated heterocycles. The fourth-order valence-corrected chi connectivity index (χ4v) is 6.20. The van der Waals surface area contributed by atoms with E-state index >= 15 is 0 Å². The van der Waals surface area contributed by atoms with Crippen LogP contribution in [0.25, 0.3) is 0 Å². The van der Waals surface area contributed by atoms with Crippen molar-refractivity contribution in [3.05, 3.63) is 29.8 Å². The smallest absolute Gasteiger partial charge is 0.251 e. The van der Waals surface area contributed by atoms with E-state index in [1.54, 1.807) is 28.6 Å². The fourth-order valence-electron chi connectivity index (χ4n) is 4.52. The molecule has 2 aliphatic rings. The lowest BCUT2D eigenvalue weighted by atomic mass is 9.94. The Labute approximate surface area is 175 Å². The van der Waals surface area contributed by atoms with E-state index < -0.39 is 10.0 Å².